The van der Waals surface area contributed by atoms with Crippen LogP contribution in [-0.4, -0.2) is 43.1 Å². The Bertz CT molecular complexity index is 1060. The Balaban J connectivity index is 1.68. The molecular weight excluding hydrogens is 392 g/mol. The fourth-order valence-corrected chi connectivity index (χ4v) is 4.00. The van der Waals surface area contributed by atoms with E-state index in [0.29, 0.717) is 24.0 Å². The molecule has 0 aliphatic rings. The van der Waals surface area contributed by atoms with E-state index < -0.39 is 10.0 Å². The number of anilines is 1. The standard InChI is InChI=1S/C20H24N4O4S/c1-14(2)24(3)29(25,26)16-11-9-15(10-12-16)21-13-19-22-20(23-28-19)17-7-5-6-8-18(17)27-4/h5-12,14,21H,13H2,1-4H3. The molecule has 9 heteroatoms. The van der Waals surface area contributed by atoms with Gasteiger partial charge in [-0.05, 0) is 50.2 Å². The van der Waals surface area contributed by atoms with E-state index in [4.69, 9.17) is 9.26 Å². The van der Waals surface area contributed by atoms with Crippen LogP contribution < -0.4 is 10.1 Å². The zero-order valence-electron chi connectivity index (χ0n) is 16.8. The Labute approximate surface area is 170 Å². The number of ether oxygens (including phenoxy) is 1. The van der Waals surface area contributed by atoms with E-state index in [1.54, 1.807) is 38.4 Å². The SMILES string of the molecule is COc1ccccc1-c1noc(CNc2ccc(S(=O)(=O)N(C)C(C)C)cc2)n1. The molecule has 1 N–H and O–H groups in total. The van der Waals surface area contributed by atoms with E-state index >= 15 is 0 Å². The average Bonchev–Trinajstić information content (AvgIpc) is 3.20. The fourth-order valence-electron chi connectivity index (χ4n) is 2.63. The maximum Gasteiger partial charge on any atom is 0.246 e. The number of hydrogen-bond acceptors (Lipinski definition) is 7. The Morgan fingerprint density at radius 3 is 2.48 bits per heavy atom. The molecular formula is C20H24N4O4S. The summed E-state index contributed by atoms with van der Waals surface area (Å²) in [5, 5.41) is 7.15. The monoisotopic (exact) mass is 416 g/mol. The van der Waals surface area contributed by atoms with Crippen molar-refractivity contribution in [3.8, 4) is 17.1 Å². The highest BCUT2D eigenvalue weighted by molar-refractivity contribution is 7.89. The quantitative estimate of drug-likeness (QED) is 0.601. The summed E-state index contributed by atoms with van der Waals surface area (Å²) in [6.45, 7) is 3.97. The van der Waals surface area contributed by atoms with Crippen molar-refractivity contribution in [2.24, 2.45) is 0 Å². The third-order valence-electron chi connectivity index (χ3n) is 4.52. The van der Waals surface area contributed by atoms with Crippen molar-refractivity contribution in [1.29, 1.82) is 0 Å². The fraction of sp³-hybridized carbons (Fsp3) is 0.300. The first-order chi connectivity index (χ1) is 13.8. The molecule has 0 aliphatic heterocycles. The molecule has 0 saturated heterocycles. The minimum absolute atomic E-state index is 0.118. The highest BCUT2D eigenvalue weighted by Gasteiger charge is 2.22. The number of benzene rings is 2. The van der Waals surface area contributed by atoms with E-state index in [1.165, 1.54) is 4.31 Å². The van der Waals surface area contributed by atoms with Gasteiger partial charge in [-0.25, -0.2) is 8.42 Å². The second-order valence-corrected chi connectivity index (χ2v) is 8.70. The lowest BCUT2D eigenvalue weighted by atomic mass is 10.2. The first kappa shape index (κ1) is 20.8. The Hall–Kier alpha value is -2.91. The van der Waals surface area contributed by atoms with Crippen molar-refractivity contribution in [2.45, 2.75) is 31.3 Å². The molecule has 3 rings (SSSR count). The summed E-state index contributed by atoms with van der Waals surface area (Å²) < 4.78 is 37.0. The van der Waals surface area contributed by atoms with Crippen molar-refractivity contribution < 1.29 is 17.7 Å². The van der Waals surface area contributed by atoms with Crippen LogP contribution in [0.4, 0.5) is 5.69 Å². The lowest BCUT2D eigenvalue weighted by Crippen LogP contribution is -2.33. The largest absolute Gasteiger partial charge is 0.496 e. The molecule has 0 unspecified atom stereocenters. The summed E-state index contributed by atoms with van der Waals surface area (Å²) in [5.74, 6) is 1.51. The molecule has 0 amide bonds. The topological polar surface area (TPSA) is 97.6 Å². The van der Waals surface area contributed by atoms with Crippen molar-refractivity contribution >= 4 is 15.7 Å². The number of para-hydroxylation sites is 1. The first-order valence-electron chi connectivity index (χ1n) is 9.11. The third kappa shape index (κ3) is 4.57. The maximum absolute atomic E-state index is 12.5. The van der Waals surface area contributed by atoms with Crippen molar-refractivity contribution in [1.82, 2.24) is 14.4 Å². The molecule has 0 spiro atoms. The normalized spacial score (nSPS) is 11.8. The molecule has 2 aromatic carbocycles. The highest BCUT2D eigenvalue weighted by atomic mass is 32.2. The van der Waals surface area contributed by atoms with Crippen LogP contribution in [0, 0.1) is 0 Å². The molecule has 0 fully saturated rings. The first-order valence-corrected chi connectivity index (χ1v) is 10.5. The molecule has 0 aliphatic carbocycles. The second kappa shape index (κ2) is 8.62. The van der Waals surface area contributed by atoms with Gasteiger partial charge in [0.05, 0.1) is 24.1 Å². The Morgan fingerprint density at radius 2 is 1.83 bits per heavy atom. The molecule has 29 heavy (non-hydrogen) atoms. The number of methoxy groups -OCH3 is 1. The van der Waals surface area contributed by atoms with Crippen molar-refractivity contribution in [2.75, 3.05) is 19.5 Å². The molecule has 154 valence electrons. The van der Waals surface area contributed by atoms with Crippen LogP contribution >= 0.6 is 0 Å². The Morgan fingerprint density at radius 1 is 1.14 bits per heavy atom. The number of rotatable bonds is 8. The van der Waals surface area contributed by atoms with Crippen molar-refractivity contribution in [3.05, 3.63) is 54.4 Å². The zero-order valence-corrected chi connectivity index (χ0v) is 17.6. The molecule has 3 aromatic rings. The van der Waals surface area contributed by atoms with Gasteiger partial charge in [0.25, 0.3) is 0 Å². The van der Waals surface area contributed by atoms with Crippen LogP contribution in [0.1, 0.15) is 19.7 Å². The lowest BCUT2D eigenvalue weighted by Gasteiger charge is -2.21. The van der Waals surface area contributed by atoms with Gasteiger partial charge in [0.1, 0.15) is 5.75 Å². The van der Waals surface area contributed by atoms with Crippen LogP contribution in [0.5, 0.6) is 5.75 Å². The predicted octanol–water partition coefficient (Wildman–Crippen LogP) is 3.39. The zero-order chi connectivity index (χ0) is 21.0. The van der Waals surface area contributed by atoms with Gasteiger partial charge in [0, 0.05) is 18.8 Å². The van der Waals surface area contributed by atoms with Gasteiger partial charge in [0.2, 0.25) is 21.7 Å². The van der Waals surface area contributed by atoms with Gasteiger partial charge in [-0.15, -0.1) is 0 Å². The Kier molecular flexibility index (Phi) is 6.19. The third-order valence-corrected chi connectivity index (χ3v) is 6.57. The van der Waals surface area contributed by atoms with E-state index in [-0.39, 0.29) is 10.9 Å². The van der Waals surface area contributed by atoms with E-state index in [1.807, 2.05) is 38.1 Å². The van der Waals surface area contributed by atoms with Gasteiger partial charge >= 0.3 is 0 Å². The molecule has 1 heterocycles. The number of sulfonamides is 1. The number of nitrogens with zero attached hydrogens (tertiary/aromatic N) is 3. The molecule has 0 radical (unpaired) electrons. The summed E-state index contributed by atoms with van der Waals surface area (Å²) >= 11 is 0. The van der Waals surface area contributed by atoms with Crippen LogP contribution in [-0.2, 0) is 16.6 Å². The van der Waals surface area contributed by atoms with Gasteiger partial charge in [-0.1, -0.05) is 17.3 Å². The van der Waals surface area contributed by atoms with Crippen LogP contribution in [0.3, 0.4) is 0 Å². The smallest absolute Gasteiger partial charge is 0.246 e. The molecule has 0 atom stereocenters. The van der Waals surface area contributed by atoms with Gasteiger partial charge in [-0.3, -0.25) is 0 Å². The van der Waals surface area contributed by atoms with Gasteiger partial charge < -0.3 is 14.6 Å². The van der Waals surface area contributed by atoms with Crippen LogP contribution in [0.15, 0.2) is 57.9 Å². The summed E-state index contributed by atoms with van der Waals surface area (Å²) in [6.07, 6.45) is 0. The van der Waals surface area contributed by atoms with E-state index in [0.717, 1.165) is 11.3 Å². The predicted molar refractivity (Wildman–Crippen MR) is 110 cm³/mol. The number of aromatic nitrogens is 2. The summed E-state index contributed by atoms with van der Waals surface area (Å²) in [7, 11) is -0.345. The highest BCUT2D eigenvalue weighted by Crippen LogP contribution is 2.27. The van der Waals surface area contributed by atoms with Crippen LogP contribution in [0.25, 0.3) is 11.4 Å². The maximum atomic E-state index is 12.5. The molecule has 0 bridgehead atoms. The summed E-state index contributed by atoms with van der Waals surface area (Å²) in [6, 6.07) is 13.9. The van der Waals surface area contributed by atoms with Crippen molar-refractivity contribution in [3.63, 3.8) is 0 Å². The van der Waals surface area contributed by atoms with E-state index in [2.05, 4.69) is 15.5 Å². The number of nitrogens with one attached hydrogen (secondary N) is 1. The average molecular weight is 417 g/mol. The molecule has 1 aromatic heterocycles. The van der Waals surface area contributed by atoms with Gasteiger partial charge in [0.15, 0.2) is 0 Å². The second-order valence-electron chi connectivity index (χ2n) is 6.70. The van der Waals surface area contributed by atoms with E-state index in [9.17, 15) is 8.42 Å². The number of hydrogen-bond donors (Lipinski definition) is 1. The minimum atomic E-state index is -3.50. The molecule has 8 nitrogen and oxygen atoms in total. The minimum Gasteiger partial charge on any atom is -0.496 e. The van der Waals surface area contributed by atoms with Crippen LogP contribution in [0.2, 0.25) is 0 Å². The summed E-state index contributed by atoms with van der Waals surface area (Å²) in [5.41, 5.74) is 1.49. The molecule has 0 saturated carbocycles. The van der Waals surface area contributed by atoms with Gasteiger partial charge in [-0.2, -0.15) is 9.29 Å². The lowest BCUT2D eigenvalue weighted by molar-refractivity contribution is 0.383. The summed E-state index contributed by atoms with van der Waals surface area (Å²) in [4.78, 5) is 4.63.